The van der Waals surface area contributed by atoms with Crippen molar-refractivity contribution >= 4 is 20.2 Å². The number of nitrogens with one attached hydrogen (secondary N) is 1. The average Bonchev–Trinajstić information content (AvgIpc) is 2.49. The highest BCUT2D eigenvalue weighted by Gasteiger charge is 2.39. The Morgan fingerprint density at radius 3 is 2.42 bits per heavy atom. The van der Waals surface area contributed by atoms with Gasteiger partial charge in [-0.25, -0.2) is 9.78 Å². The number of carbonyl (C=O) groups is 1. The molecule has 0 radical (unpaired) electrons. The molecule has 1 aromatic rings. The third-order valence-electron chi connectivity index (χ3n) is 4.97. The molecule has 1 N–H and O–H groups in total. The van der Waals surface area contributed by atoms with Crippen LogP contribution in [0.15, 0.2) is 18.3 Å². The van der Waals surface area contributed by atoms with Crippen LogP contribution in [0.2, 0.25) is 18.1 Å². The van der Waals surface area contributed by atoms with Gasteiger partial charge in [0.15, 0.2) is 0 Å². The summed E-state index contributed by atoms with van der Waals surface area (Å²) in [5, 5.41) is 2.83. The maximum absolute atomic E-state index is 11.9. The van der Waals surface area contributed by atoms with Gasteiger partial charge in [-0.05, 0) is 55.9 Å². The summed E-state index contributed by atoms with van der Waals surface area (Å²) in [6.45, 7) is 11.0. The van der Waals surface area contributed by atoms with Crippen LogP contribution in [0.5, 0.6) is 5.75 Å². The predicted octanol–water partition coefficient (Wildman–Crippen LogP) is 5.35. The first-order valence-electron chi connectivity index (χ1n) is 8.80. The quantitative estimate of drug-likeness (QED) is 0.744. The van der Waals surface area contributed by atoms with Crippen LogP contribution < -0.4 is 9.74 Å². The molecule has 0 unspecified atom stereocenters. The number of aromatic nitrogens is 1. The van der Waals surface area contributed by atoms with Gasteiger partial charge in [0.25, 0.3) is 8.32 Å². The summed E-state index contributed by atoms with van der Waals surface area (Å²) in [4.78, 5) is 16.2. The predicted molar refractivity (Wildman–Crippen MR) is 99.0 cm³/mol. The van der Waals surface area contributed by atoms with Crippen molar-refractivity contribution in [2.75, 3.05) is 5.32 Å². The van der Waals surface area contributed by atoms with Gasteiger partial charge in [-0.3, -0.25) is 5.32 Å². The largest absolute Gasteiger partial charge is 0.542 e. The number of pyridine rings is 1. The van der Waals surface area contributed by atoms with Crippen molar-refractivity contribution < 1.29 is 14.0 Å². The van der Waals surface area contributed by atoms with Gasteiger partial charge in [0.05, 0.1) is 6.20 Å². The van der Waals surface area contributed by atoms with E-state index in [2.05, 4.69) is 44.2 Å². The molecule has 0 aliphatic heterocycles. The molecule has 1 heterocycles. The molecule has 5 nitrogen and oxygen atoms in total. The average molecular weight is 351 g/mol. The molecule has 1 amide bonds. The first kappa shape index (κ1) is 18.8. The molecule has 0 bridgehead atoms. The van der Waals surface area contributed by atoms with Crippen molar-refractivity contribution in [3.63, 3.8) is 0 Å². The van der Waals surface area contributed by atoms with Crippen LogP contribution in [0.3, 0.4) is 0 Å². The Hall–Kier alpha value is -1.56. The van der Waals surface area contributed by atoms with E-state index in [9.17, 15) is 4.79 Å². The van der Waals surface area contributed by atoms with Crippen LogP contribution in [-0.4, -0.2) is 25.5 Å². The lowest BCUT2D eigenvalue weighted by atomic mass is 9.98. The summed E-state index contributed by atoms with van der Waals surface area (Å²) in [5.74, 6) is 1.23. The molecule has 1 fully saturated rings. The van der Waals surface area contributed by atoms with E-state index in [1.54, 1.807) is 12.3 Å². The molecule has 24 heavy (non-hydrogen) atoms. The number of hydrogen-bond donors (Lipinski definition) is 1. The highest BCUT2D eigenvalue weighted by Crippen LogP contribution is 2.37. The lowest BCUT2D eigenvalue weighted by Gasteiger charge is -2.36. The summed E-state index contributed by atoms with van der Waals surface area (Å²) >= 11 is 0. The van der Waals surface area contributed by atoms with Gasteiger partial charge in [0, 0.05) is 0 Å². The fraction of sp³-hybridized carbons (Fsp3) is 0.667. The standard InChI is InChI=1S/C18H30N2O3Si/c1-18(2,3)24(4,5)23-15-11-12-16(19-13-15)20-17(21)22-14-9-7-6-8-10-14/h11-14H,6-10H2,1-5H3,(H,19,20,21). The van der Waals surface area contributed by atoms with E-state index in [1.807, 2.05) is 6.07 Å². The van der Waals surface area contributed by atoms with Gasteiger partial charge >= 0.3 is 6.09 Å². The molecule has 1 aromatic heterocycles. The monoisotopic (exact) mass is 350 g/mol. The van der Waals surface area contributed by atoms with Gasteiger partial charge in [0.2, 0.25) is 0 Å². The summed E-state index contributed by atoms with van der Waals surface area (Å²) in [6, 6.07) is 3.61. The molecule has 134 valence electrons. The maximum Gasteiger partial charge on any atom is 0.413 e. The number of anilines is 1. The molecular formula is C18H30N2O3Si. The molecule has 1 saturated carbocycles. The fourth-order valence-corrected chi connectivity index (χ4v) is 3.45. The second-order valence-corrected chi connectivity index (χ2v) is 12.8. The normalized spacial score (nSPS) is 16.5. The van der Waals surface area contributed by atoms with Crippen molar-refractivity contribution in [1.82, 2.24) is 4.98 Å². The lowest BCUT2D eigenvalue weighted by Crippen LogP contribution is -2.43. The minimum atomic E-state index is -1.88. The minimum Gasteiger partial charge on any atom is -0.542 e. The lowest BCUT2D eigenvalue weighted by molar-refractivity contribution is 0.0864. The van der Waals surface area contributed by atoms with Gasteiger partial charge in [0.1, 0.15) is 17.7 Å². The summed E-state index contributed by atoms with van der Waals surface area (Å²) in [6.07, 6.45) is 6.70. The molecule has 0 atom stereocenters. The third-order valence-corrected chi connectivity index (χ3v) is 9.33. The van der Waals surface area contributed by atoms with Gasteiger partial charge < -0.3 is 9.16 Å². The minimum absolute atomic E-state index is 0.0416. The summed E-state index contributed by atoms with van der Waals surface area (Å²) < 4.78 is 11.6. The third kappa shape index (κ3) is 5.23. The van der Waals surface area contributed by atoms with Gasteiger partial charge in [-0.1, -0.05) is 27.2 Å². The Kier molecular flexibility index (Phi) is 5.90. The molecule has 1 aliphatic rings. The van der Waals surface area contributed by atoms with Crippen molar-refractivity contribution in [1.29, 1.82) is 0 Å². The Morgan fingerprint density at radius 1 is 1.21 bits per heavy atom. The Bertz CT molecular complexity index is 546. The Morgan fingerprint density at radius 2 is 1.88 bits per heavy atom. The number of amides is 1. The molecule has 0 saturated heterocycles. The van der Waals surface area contributed by atoms with Crippen LogP contribution in [0.4, 0.5) is 10.6 Å². The number of hydrogen-bond acceptors (Lipinski definition) is 4. The number of carbonyl (C=O) groups excluding carboxylic acids is 1. The van der Waals surface area contributed by atoms with E-state index in [1.165, 1.54) is 6.42 Å². The van der Waals surface area contributed by atoms with Crippen molar-refractivity contribution in [2.24, 2.45) is 0 Å². The smallest absolute Gasteiger partial charge is 0.413 e. The van der Waals surface area contributed by atoms with Crippen molar-refractivity contribution in [2.45, 2.75) is 77.1 Å². The summed E-state index contributed by atoms with van der Waals surface area (Å²) in [5.41, 5.74) is 0. The number of ether oxygens (including phenoxy) is 1. The van der Waals surface area contributed by atoms with E-state index in [0.717, 1.165) is 31.4 Å². The molecular weight excluding hydrogens is 320 g/mol. The molecule has 1 aliphatic carbocycles. The van der Waals surface area contributed by atoms with Gasteiger partial charge in [-0.2, -0.15) is 0 Å². The first-order valence-corrected chi connectivity index (χ1v) is 11.7. The highest BCUT2D eigenvalue weighted by atomic mass is 28.4. The SMILES string of the molecule is CC(C)(C)[Si](C)(C)Oc1ccc(NC(=O)OC2CCCCC2)nc1. The second kappa shape index (κ2) is 7.55. The van der Waals surface area contributed by atoms with E-state index < -0.39 is 14.4 Å². The van der Waals surface area contributed by atoms with Crippen LogP contribution in [0.25, 0.3) is 0 Å². The molecule has 2 rings (SSSR count). The fourth-order valence-electron chi connectivity index (χ4n) is 2.43. The highest BCUT2D eigenvalue weighted by molar-refractivity contribution is 6.74. The van der Waals surface area contributed by atoms with Crippen LogP contribution in [0, 0.1) is 0 Å². The first-order chi connectivity index (χ1) is 11.2. The van der Waals surface area contributed by atoms with Crippen LogP contribution in [-0.2, 0) is 4.74 Å². The zero-order chi connectivity index (χ0) is 17.8. The van der Waals surface area contributed by atoms with E-state index >= 15 is 0 Å². The molecule has 0 spiro atoms. The zero-order valence-corrected chi connectivity index (χ0v) is 16.5. The van der Waals surface area contributed by atoms with Crippen molar-refractivity contribution in [3.8, 4) is 5.75 Å². The Labute approximate surface area is 146 Å². The van der Waals surface area contributed by atoms with E-state index in [0.29, 0.717) is 5.82 Å². The summed E-state index contributed by atoms with van der Waals surface area (Å²) in [7, 11) is -1.88. The van der Waals surface area contributed by atoms with Crippen LogP contribution >= 0.6 is 0 Å². The van der Waals surface area contributed by atoms with Gasteiger partial charge in [-0.15, -0.1) is 0 Å². The maximum atomic E-state index is 11.9. The Balaban J connectivity index is 1.88. The van der Waals surface area contributed by atoms with E-state index in [-0.39, 0.29) is 11.1 Å². The second-order valence-electron chi connectivity index (χ2n) is 8.03. The van der Waals surface area contributed by atoms with E-state index in [4.69, 9.17) is 9.16 Å². The van der Waals surface area contributed by atoms with Crippen molar-refractivity contribution in [3.05, 3.63) is 18.3 Å². The number of rotatable bonds is 4. The van der Waals surface area contributed by atoms with Crippen LogP contribution in [0.1, 0.15) is 52.9 Å². The topological polar surface area (TPSA) is 60.5 Å². The number of nitrogens with zero attached hydrogens (tertiary/aromatic N) is 1. The molecule has 0 aromatic carbocycles. The molecule has 6 heteroatoms. The zero-order valence-electron chi connectivity index (χ0n) is 15.5.